The lowest BCUT2D eigenvalue weighted by Gasteiger charge is -2.07. The van der Waals surface area contributed by atoms with Gasteiger partial charge in [-0.15, -0.1) is 0 Å². The van der Waals surface area contributed by atoms with E-state index in [4.69, 9.17) is 9.47 Å². The van der Waals surface area contributed by atoms with Crippen LogP contribution < -0.4 is 9.60 Å². The Morgan fingerprint density at radius 1 is 0.604 bits per heavy atom. The molecule has 0 fully saturated rings. The number of hydrogen-bond acceptors (Lipinski definition) is 8. The third-order valence-electron chi connectivity index (χ3n) is 7.88. The molecule has 0 radical (unpaired) electrons. The van der Waals surface area contributed by atoms with Gasteiger partial charge < -0.3 is 18.6 Å². The summed E-state index contributed by atoms with van der Waals surface area (Å²) in [7, 11) is 0. The van der Waals surface area contributed by atoms with Crippen molar-refractivity contribution >= 4 is 66.9 Å². The lowest BCUT2D eigenvalue weighted by Crippen LogP contribution is -2.23. The van der Waals surface area contributed by atoms with Gasteiger partial charge in [-0.25, -0.2) is 0 Å². The molecule has 0 spiro atoms. The summed E-state index contributed by atoms with van der Waals surface area (Å²) in [5.41, 5.74) is 6.08. The van der Waals surface area contributed by atoms with E-state index in [1.807, 2.05) is 39.8 Å². The molecule has 0 saturated carbocycles. The number of benzene rings is 2. The zero-order chi connectivity index (χ0) is 34.8. The fourth-order valence-corrected chi connectivity index (χ4v) is 8.35. The van der Waals surface area contributed by atoms with Gasteiger partial charge in [-0.05, 0) is 88.8 Å². The summed E-state index contributed by atoms with van der Waals surface area (Å²) in [5, 5.41) is 0. The molecular formula is C36H46N4O6S2. The average molecular weight is 695 g/mol. The zero-order valence-electron chi connectivity index (χ0n) is 28.8. The quantitative estimate of drug-likeness (QED) is 0.100. The minimum atomic E-state index is -0.357. The highest BCUT2D eigenvalue weighted by atomic mass is 32.1. The summed E-state index contributed by atoms with van der Waals surface area (Å²) in [6.45, 7) is 12.2. The van der Waals surface area contributed by atoms with Crippen LogP contribution in [0.1, 0.15) is 87.5 Å². The van der Waals surface area contributed by atoms with Crippen LogP contribution in [0, 0.1) is 27.7 Å². The smallest absolute Gasteiger partial charge is 0.326 e. The van der Waals surface area contributed by atoms with Gasteiger partial charge in [0, 0.05) is 12.8 Å². The SMILES string of the molecule is CCOC(=O)Cn1c(=NC(=O)CCCCCCCCC(=O)N=c2sc3cc(C)cc(C)c3n2CC(=O)OCC)sc2cc(C)cc(C)c21. The minimum absolute atomic E-state index is 0.0106. The van der Waals surface area contributed by atoms with Crippen molar-refractivity contribution in [3.8, 4) is 0 Å². The topological polar surface area (TPSA) is 121 Å². The third kappa shape index (κ3) is 9.82. The van der Waals surface area contributed by atoms with E-state index in [0.717, 1.165) is 81.2 Å². The Balaban J connectivity index is 1.27. The van der Waals surface area contributed by atoms with Crippen LogP contribution in [0.3, 0.4) is 0 Å². The molecule has 0 N–H and O–H groups in total. The van der Waals surface area contributed by atoms with Crippen LogP contribution in [0.5, 0.6) is 0 Å². The van der Waals surface area contributed by atoms with Crippen LogP contribution in [0.4, 0.5) is 0 Å². The molecule has 4 rings (SSSR count). The summed E-state index contributed by atoms with van der Waals surface area (Å²) in [5.74, 6) is -1.12. The molecule has 0 bridgehead atoms. The number of carbonyl (C=O) groups excluding carboxylic acids is 4. The molecule has 2 aromatic carbocycles. The lowest BCUT2D eigenvalue weighted by atomic mass is 10.1. The standard InChI is InChI=1S/C36H46N4O6S2/c1-7-45-31(43)21-39-33-25(5)17-23(3)19-27(33)47-35(39)37-29(41)15-13-11-9-10-12-14-16-30(42)38-36-40(22-32(44)46-8-2)34-26(6)18-24(4)20-28(34)48-36/h17-20H,7-16,21-22H2,1-6H3. The second-order valence-electron chi connectivity index (χ2n) is 12.0. The van der Waals surface area contributed by atoms with Crippen LogP contribution in [0.2, 0.25) is 0 Å². The van der Waals surface area contributed by atoms with E-state index < -0.39 is 0 Å². The molecule has 0 unspecified atom stereocenters. The number of fused-ring (bicyclic) bond motifs is 2. The van der Waals surface area contributed by atoms with E-state index in [2.05, 4.69) is 22.1 Å². The molecule has 0 aliphatic heterocycles. The number of rotatable bonds is 15. The van der Waals surface area contributed by atoms with Crippen molar-refractivity contribution in [2.45, 2.75) is 106 Å². The summed E-state index contributed by atoms with van der Waals surface area (Å²) in [4.78, 5) is 60.1. The maximum Gasteiger partial charge on any atom is 0.326 e. The summed E-state index contributed by atoms with van der Waals surface area (Å²) >= 11 is 2.83. The third-order valence-corrected chi connectivity index (χ3v) is 9.93. The molecule has 0 aliphatic rings. The van der Waals surface area contributed by atoms with Crippen molar-refractivity contribution in [2.24, 2.45) is 9.98 Å². The fourth-order valence-electron chi connectivity index (χ4n) is 5.90. The maximum absolute atomic E-state index is 12.8. The van der Waals surface area contributed by atoms with Gasteiger partial charge in [0.1, 0.15) is 13.1 Å². The van der Waals surface area contributed by atoms with Gasteiger partial charge in [0.2, 0.25) is 11.8 Å². The van der Waals surface area contributed by atoms with Gasteiger partial charge in [-0.3, -0.25) is 19.2 Å². The van der Waals surface area contributed by atoms with E-state index in [1.165, 1.54) is 22.7 Å². The van der Waals surface area contributed by atoms with Gasteiger partial charge in [-0.1, -0.05) is 60.5 Å². The summed E-state index contributed by atoms with van der Waals surface area (Å²) < 4.78 is 15.9. The number of ether oxygens (including phenoxy) is 2. The van der Waals surface area contributed by atoms with Gasteiger partial charge in [0.05, 0.1) is 33.6 Å². The Morgan fingerprint density at radius 3 is 1.35 bits per heavy atom. The first-order valence-corrected chi connectivity index (χ1v) is 18.3. The van der Waals surface area contributed by atoms with Crippen molar-refractivity contribution < 1.29 is 28.7 Å². The number of esters is 2. The Kier molecular flexibility index (Phi) is 13.5. The highest BCUT2D eigenvalue weighted by molar-refractivity contribution is 7.16. The second-order valence-corrected chi connectivity index (χ2v) is 14.1. The number of hydrogen-bond donors (Lipinski definition) is 0. The maximum atomic E-state index is 12.8. The van der Waals surface area contributed by atoms with E-state index >= 15 is 0 Å². The average Bonchev–Trinajstić information content (AvgIpc) is 3.51. The first kappa shape index (κ1) is 36.9. The highest BCUT2D eigenvalue weighted by Gasteiger charge is 2.16. The number of unbranched alkanes of at least 4 members (excludes halogenated alkanes) is 5. The number of amides is 2. The number of aryl methyl sites for hydroxylation is 4. The molecule has 48 heavy (non-hydrogen) atoms. The molecule has 258 valence electrons. The Labute approximate surface area is 289 Å². The molecule has 10 nitrogen and oxygen atoms in total. The Morgan fingerprint density at radius 2 is 0.979 bits per heavy atom. The molecule has 4 aromatic rings. The first-order valence-electron chi connectivity index (χ1n) is 16.7. The number of thiazole rings is 2. The normalized spacial score (nSPS) is 12.3. The molecule has 2 amide bonds. The lowest BCUT2D eigenvalue weighted by molar-refractivity contribution is -0.144. The number of carbonyl (C=O) groups is 4. The predicted octanol–water partition coefficient (Wildman–Crippen LogP) is 6.75. The van der Waals surface area contributed by atoms with Crippen molar-refractivity contribution in [1.29, 1.82) is 0 Å². The molecular weight excluding hydrogens is 649 g/mol. The molecule has 12 heteroatoms. The summed E-state index contributed by atoms with van der Waals surface area (Å²) in [6, 6.07) is 8.22. The van der Waals surface area contributed by atoms with Gasteiger partial charge in [-0.2, -0.15) is 9.98 Å². The molecule has 0 atom stereocenters. The van der Waals surface area contributed by atoms with Gasteiger partial charge in [0.25, 0.3) is 0 Å². The molecule has 0 aliphatic carbocycles. The van der Waals surface area contributed by atoms with Crippen LogP contribution in [-0.4, -0.2) is 46.1 Å². The van der Waals surface area contributed by atoms with Crippen LogP contribution in [-0.2, 0) is 41.7 Å². The van der Waals surface area contributed by atoms with Crippen LogP contribution in [0.15, 0.2) is 34.3 Å². The van der Waals surface area contributed by atoms with E-state index in [0.29, 0.717) is 35.7 Å². The summed E-state index contributed by atoms with van der Waals surface area (Å²) in [6.07, 6.45) is 5.81. The highest BCUT2D eigenvalue weighted by Crippen LogP contribution is 2.25. The molecule has 2 heterocycles. The van der Waals surface area contributed by atoms with Crippen molar-refractivity contribution in [1.82, 2.24) is 9.13 Å². The molecule has 2 aromatic heterocycles. The van der Waals surface area contributed by atoms with Crippen molar-refractivity contribution in [3.05, 3.63) is 56.1 Å². The Bertz CT molecular complexity index is 1810. The van der Waals surface area contributed by atoms with Gasteiger partial charge in [0.15, 0.2) is 9.60 Å². The van der Waals surface area contributed by atoms with E-state index in [1.54, 1.807) is 23.0 Å². The Hall–Kier alpha value is -3.90. The molecule has 0 saturated heterocycles. The predicted molar refractivity (Wildman–Crippen MR) is 190 cm³/mol. The van der Waals surface area contributed by atoms with Crippen molar-refractivity contribution in [3.63, 3.8) is 0 Å². The van der Waals surface area contributed by atoms with E-state index in [9.17, 15) is 19.2 Å². The van der Waals surface area contributed by atoms with E-state index in [-0.39, 0.29) is 36.8 Å². The van der Waals surface area contributed by atoms with Gasteiger partial charge >= 0.3 is 11.9 Å². The van der Waals surface area contributed by atoms with Crippen molar-refractivity contribution in [2.75, 3.05) is 13.2 Å². The minimum Gasteiger partial charge on any atom is -0.465 e. The first-order chi connectivity index (χ1) is 23.0. The monoisotopic (exact) mass is 694 g/mol. The zero-order valence-corrected chi connectivity index (χ0v) is 30.5. The second kappa shape index (κ2) is 17.5. The van der Waals surface area contributed by atoms with Crippen LogP contribution in [0.25, 0.3) is 20.4 Å². The number of nitrogens with zero attached hydrogens (tertiary/aromatic N) is 4. The van der Waals surface area contributed by atoms with Crippen LogP contribution >= 0.6 is 22.7 Å². The largest absolute Gasteiger partial charge is 0.465 e. The fraction of sp³-hybridized carbons (Fsp3) is 0.500. The number of aromatic nitrogens is 2.